The summed E-state index contributed by atoms with van der Waals surface area (Å²) < 4.78 is 5.40. The van der Waals surface area contributed by atoms with Crippen LogP contribution in [0.25, 0.3) is 0 Å². The molecule has 4 nitrogen and oxygen atoms in total. The lowest BCUT2D eigenvalue weighted by Crippen LogP contribution is -2.46. The van der Waals surface area contributed by atoms with Crippen molar-refractivity contribution >= 4 is 11.9 Å². The topological polar surface area (TPSA) is 46.6 Å². The van der Waals surface area contributed by atoms with Gasteiger partial charge in [0.05, 0.1) is 0 Å². The number of ketones is 1. The Hall–Kier alpha value is -1.32. The van der Waals surface area contributed by atoms with Crippen LogP contribution < -0.4 is 0 Å². The van der Waals surface area contributed by atoms with E-state index in [-0.39, 0.29) is 17.9 Å². The molecule has 0 unspecified atom stereocenters. The van der Waals surface area contributed by atoms with Gasteiger partial charge in [-0.15, -0.1) is 6.58 Å². The number of ether oxygens (including phenoxy) is 1. The summed E-state index contributed by atoms with van der Waals surface area (Å²) in [5, 5.41) is 0. The highest BCUT2D eigenvalue weighted by Gasteiger charge is 2.31. The average molecular weight is 267 g/mol. The fourth-order valence-electron chi connectivity index (χ4n) is 2.28. The summed E-state index contributed by atoms with van der Waals surface area (Å²) in [6.07, 6.45) is 5.01. The number of allylic oxidation sites excluding steroid dienone is 1. The lowest BCUT2D eigenvalue weighted by atomic mass is 9.97. The second kappa shape index (κ2) is 6.73. The predicted molar refractivity (Wildman–Crippen MR) is 75.0 cm³/mol. The van der Waals surface area contributed by atoms with Gasteiger partial charge in [-0.05, 0) is 40.0 Å². The molecule has 1 atom stereocenters. The van der Waals surface area contributed by atoms with Crippen molar-refractivity contribution in [2.24, 2.45) is 0 Å². The molecule has 1 aliphatic rings. The molecule has 0 radical (unpaired) electrons. The summed E-state index contributed by atoms with van der Waals surface area (Å²) in [7, 11) is 0. The second-order valence-electron chi connectivity index (χ2n) is 6.06. The van der Waals surface area contributed by atoms with Gasteiger partial charge in [-0.1, -0.05) is 6.08 Å². The van der Waals surface area contributed by atoms with Crippen LogP contribution in [-0.2, 0) is 9.53 Å². The summed E-state index contributed by atoms with van der Waals surface area (Å²) in [6, 6.07) is -0.0175. The molecule has 1 aliphatic heterocycles. The first kappa shape index (κ1) is 15.7. The Balaban J connectivity index is 2.64. The first-order valence-corrected chi connectivity index (χ1v) is 6.95. The largest absolute Gasteiger partial charge is 0.444 e. The van der Waals surface area contributed by atoms with Crippen molar-refractivity contribution in [3.8, 4) is 0 Å². The van der Waals surface area contributed by atoms with Crippen molar-refractivity contribution in [2.45, 2.75) is 64.5 Å². The molecule has 1 saturated heterocycles. The van der Waals surface area contributed by atoms with Crippen LogP contribution in [0.3, 0.4) is 0 Å². The number of hydrogen-bond acceptors (Lipinski definition) is 3. The van der Waals surface area contributed by atoms with Crippen molar-refractivity contribution in [1.29, 1.82) is 0 Å². The Bertz CT molecular complexity index is 344. The van der Waals surface area contributed by atoms with Gasteiger partial charge in [0.25, 0.3) is 0 Å². The van der Waals surface area contributed by atoms with E-state index in [1.54, 1.807) is 11.0 Å². The maximum absolute atomic E-state index is 12.1. The van der Waals surface area contributed by atoms with Crippen molar-refractivity contribution in [1.82, 2.24) is 4.90 Å². The monoisotopic (exact) mass is 267 g/mol. The predicted octanol–water partition coefficient (Wildman–Crippen LogP) is 3.31. The molecule has 1 amide bonds. The highest BCUT2D eigenvalue weighted by atomic mass is 16.6. The molecule has 0 aliphatic carbocycles. The SMILES string of the molecule is C=CCC(=O)C[C@H]1CCCCN1C(=O)OC(C)(C)C. The zero-order chi connectivity index (χ0) is 14.5. The van der Waals surface area contributed by atoms with Crippen LogP contribution in [0.4, 0.5) is 4.79 Å². The molecule has 0 bridgehead atoms. The van der Waals surface area contributed by atoms with Gasteiger partial charge < -0.3 is 9.64 Å². The van der Waals surface area contributed by atoms with Gasteiger partial charge >= 0.3 is 6.09 Å². The number of Topliss-reactive ketones (excluding diaryl/α,β-unsaturated/α-hetero) is 1. The van der Waals surface area contributed by atoms with Crippen LogP contribution in [0.15, 0.2) is 12.7 Å². The molecule has 0 aromatic rings. The Labute approximate surface area is 115 Å². The third-order valence-electron chi connectivity index (χ3n) is 3.09. The summed E-state index contributed by atoms with van der Waals surface area (Å²) in [4.78, 5) is 25.6. The molecular formula is C15H25NO3. The van der Waals surface area contributed by atoms with E-state index in [9.17, 15) is 9.59 Å². The second-order valence-corrected chi connectivity index (χ2v) is 6.06. The van der Waals surface area contributed by atoms with Crippen LogP contribution in [0.5, 0.6) is 0 Å². The number of rotatable bonds is 4. The van der Waals surface area contributed by atoms with Crippen LogP contribution >= 0.6 is 0 Å². The van der Waals surface area contributed by atoms with Crippen LogP contribution in [0.1, 0.15) is 52.9 Å². The average Bonchev–Trinajstić information content (AvgIpc) is 2.27. The summed E-state index contributed by atoms with van der Waals surface area (Å²) in [5.74, 6) is 0.135. The number of amides is 1. The minimum atomic E-state index is -0.496. The van der Waals surface area contributed by atoms with Gasteiger partial charge in [0, 0.05) is 25.4 Å². The maximum Gasteiger partial charge on any atom is 0.410 e. The van der Waals surface area contributed by atoms with E-state index in [0.717, 1.165) is 19.3 Å². The van der Waals surface area contributed by atoms with Crippen LogP contribution in [-0.4, -0.2) is 35.0 Å². The third-order valence-corrected chi connectivity index (χ3v) is 3.09. The third kappa shape index (κ3) is 5.45. The van der Waals surface area contributed by atoms with E-state index < -0.39 is 5.60 Å². The first-order valence-electron chi connectivity index (χ1n) is 6.95. The van der Waals surface area contributed by atoms with Crippen molar-refractivity contribution < 1.29 is 14.3 Å². The van der Waals surface area contributed by atoms with E-state index in [1.165, 1.54) is 0 Å². The normalized spacial score (nSPS) is 19.9. The zero-order valence-corrected chi connectivity index (χ0v) is 12.3. The molecule has 0 spiro atoms. The van der Waals surface area contributed by atoms with Gasteiger partial charge in [-0.3, -0.25) is 4.79 Å². The molecule has 4 heteroatoms. The van der Waals surface area contributed by atoms with E-state index >= 15 is 0 Å². The Morgan fingerprint density at radius 2 is 2.05 bits per heavy atom. The lowest BCUT2D eigenvalue weighted by Gasteiger charge is -2.36. The number of likely N-dealkylation sites (tertiary alicyclic amines) is 1. The van der Waals surface area contributed by atoms with Crippen molar-refractivity contribution in [3.63, 3.8) is 0 Å². The summed E-state index contributed by atoms with van der Waals surface area (Å²) >= 11 is 0. The van der Waals surface area contributed by atoms with E-state index in [2.05, 4.69) is 6.58 Å². The van der Waals surface area contributed by atoms with E-state index in [1.807, 2.05) is 20.8 Å². The molecule has 0 aromatic carbocycles. The van der Waals surface area contributed by atoms with Crippen molar-refractivity contribution in [3.05, 3.63) is 12.7 Å². The standard InChI is InChI=1S/C15H25NO3/c1-5-8-13(17)11-12-9-6-7-10-16(12)14(18)19-15(2,3)4/h5,12H,1,6-11H2,2-4H3/t12-/m1/s1. The van der Waals surface area contributed by atoms with Crippen molar-refractivity contribution in [2.75, 3.05) is 6.54 Å². The smallest absolute Gasteiger partial charge is 0.410 e. The minimum absolute atomic E-state index is 0.0175. The first-order chi connectivity index (χ1) is 8.83. The Kier molecular flexibility index (Phi) is 5.58. The zero-order valence-electron chi connectivity index (χ0n) is 12.3. The fourth-order valence-corrected chi connectivity index (χ4v) is 2.28. The molecule has 0 saturated carbocycles. The molecule has 1 rings (SSSR count). The summed E-state index contributed by atoms with van der Waals surface area (Å²) in [6.45, 7) is 9.81. The highest BCUT2D eigenvalue weighted by Crippen LogP contribution is 2.23. The molecule has 1 fully saturated rings. The number of hydrogen-bond donors (Lipinski definition) is 0. The maximum atomic E-state index is 12.1. The highest BCUT2D eigenvalue weighted by molar-refractivity contribution is 5.81. The van der Waals surface area contributed by atoms with Gasteiger partial charge in [0.15, 0.2) is 0 Å². The Morgan fingerprint density at radius 1 is 1.37 bits per heavy atom. The van der Waals surface area contributed by atoms with E-state index in [4.69, 9.17) is 4.74 Å². The van der Waals surface area contributed by atoms with Gasteiger partial charge in [-0.2, -0.15) is 0 Å². The number of carbonyl (C=O) groups is 2. The molecule has 19 heavy (non-hydrogen) atoms. The Morgan fingerprint density at radius 3 is 2.63 bits per heavy atom. The molecule has 0 N–H and O–H groups in total. The molecule has 108 valence electrons. The van der Waals surface area contributed by atoms with Gasteiger partial charge in [-0.25, -0.2) is 4.79 Å². The van der Waals surface area contributed by atoms with E-state index in [0.29, 0.717) is 19.4 Å². The summed E-state index contributed by atoms with van der Waals surface area (Å²) in [5.41, 5.74) is -0.496. The number of nitrogens with zero attached hydrogens (tertiary/aromatic N) is 1. The minimum Gasteiger partial charge on any atom is -0.444 e. The number of piperidine rings is 1. The molecule has 0 aromatic heterocycles. The van der Waals surface area contributed by atoms with Gasteiger partial charge in [0.1, 0.15) is 11.4 Å². The quantitative estimate of drug-likeness (QED) is 0.734. The molecule has 1 heterocycles. The fraction of sp³-hybridized carbons (Fsp3) is 0.733. The van der Waals surface area contributed by atoms with Gasteiger partial charge in [0.2, 0.25) is 0 Å². The van der Waals surface area contributed by atoms with Crippen LogP contribution in [0, 0.1) is 0 Å². The van der Waals surface area contributed by atoms with Crippen LogP contribution in [0.2, 0.25) is 0 Å². The molecular weight excluding hydrogens is 242 g/mol. The number of carbonyl (C=O) groups excluding carboxylic acids is 2. The lowest BCUT2D eigenvalue weighted by molar-refractivity contribution is -0.119.